The van der Waals surface area contributed by atoms with Gasteiger partial charge in [-0.2, -0.15) is 0 Å². The monoisotopic (exact) mass is 488 g/mol. The van der Waals surface area contributed by atoms with E-state index in [-0.39, 0.29) is 24.1 Å². The summed E-state index contributed by atoms with van der Waals surface area (Å²) in [7, 11) is 0. The van der Waals surface area contributed by atoms with Crippen LogP contribution in [0.4, 0.5) is 0 Å². The van der Waals surface area contributed by atoms with Gasteiger partial charge in [-0.15, -0.1) is 11.3 Å². The van der Waals surface area contributed by atoms with Gasteiger partial charge in [-0.1, -0.05) is 35.9 Å². The van der Waals surface area contributed by atoms with Gasteiger partial charge in [-0.05, 0) is 62.7 Å². The standard InChI is InChI=1S/C27H21ClN2O3S/c1-15-12-13-18(14-29-25(32)19-8-4-5-9-20(19)26(29)33)30(15)27-23(16(2)17(3)34-27)24(31)21-10-6-7-11-22(21)28/h4-13H,14H2,1-3H3. The maximum absolute atomic E-state index is 13.6. The zero-order valence-electron chi connectivity index (χ0n) is 18.9. The van der Waals surface area contributed by atoms with E-state index < -0.39 is 0 Å². The van der Waals surface area contributed by atoms with Crippen molar-refractivity contribution < 1.29 is 14.4 Å². The lowest BCUT2D eigenvalue weighted by atomic mass is 10.0. The number of hydrogen-bond donors (Lipinski definition) is 0. The number of amides is 2. The summed E-state index contributed by atoms with van der Waals surface area (Å²) in [4.78, 5) is 41.8. The zero-order chi connectivity index (χ0) is 24.1. The molecule has 2 aromatic heterocycles. The van der Waals surface area contributed by atoms with Crippen molar-refractivity contribution in [2.24, 2.45) is 0 Å². The van der Waals surface area contributed by atoms with E-state index in [0.717, 1.165) is 26.8 Å². The quantitative estimate of drug-likeness (QED) is 0.250. The van der Waals surface area contributed by atoms with Crippen molar-refractivity contribution in [1.29, 1.82) is 0 Å². The Bertz CT molecular complexity index is 1460. The van der Waals surface area contributed by atoms with Gasteiger partial charge in [0.25, 0.3) is 11.8 Å². The predicted octanol–water partition coefficient (Wildman–Crippen LogP) is 6.14. The van der Waals surface area contributed by atoms with Gasteiger partial charge < -0.3 is 4.57 Å². The molecule has 0 atom stereocenters. The topological polar surface area (TPSA) is 59.4 Å². The van der Waals surface area contributed by atoms with E-state index in [1.165, 1.54) is 16.2 Å². The van der Waals surface area contributed by atoms with Crippen molar-refractivity contribution in [3.63, 3.8) is 0 Å². The molecule has 3 heterocycles. The van der Waals surface area contributed by atoms with Gasteiger partial charge in [-0.25, -0.2) is 0 Å². The number of thiophene rings is 1. The van der Waals surface area contributed by atoms with Gasteiger partial charge >= 0.3 is 0 Å². The van der Waals surface area contributed by atoms with Crippen LogP contribution in [0.25, 0.3) is 5.00 Å². The number of hydrogen-bond acceptors (Lipinski definition) is 4. The molecule has 0 radical (unpaired) electrons. The Labute approximate surface area is 206 Å². The molecule has 1 aliphatic rings. The van der Waals surface area contributed by atoms with Crippen molar-refractivity contribution in [2.45, 2.75) is 27.3 Å². The molecule has 0 bridgehead atoms. The van der Waals surface area contributed by atoms with Crippen LogP contribution in [0, 0.1) is 20.8 Å². The molecule has 2 amide bonds. The third-order valence-electron chi connectivity index (χ3n) is 6.27. The molecular weight excluding hydrogens is 468 g/mol. The Balaban J connectivity index is 1.59. The summed E-state index contributed by atoms with van der Waals surface area (Å²) in [6, 6.07) is 17.7. The Hall–Kier alpha value is -3.48. The molecule has 2 aromatic carbocycles. The second-order valence-electron chi connectivity index (χ2n) is 8.32. The first-order valence-electron chi connectivity index (χ1n) is 10.8. The summed E-state index contributed by atoms with van der Waals surface area (Å²) < 4.78 is 1.97. The fraction of sp³-hybridized carbons (Fsp3) is 0.148. The SMILES string of the molecule is Cc1sc(-n2c(C)ccc2CN2C(=O)c3ccccc3C2=O)c(C(=O)c2ccccc2Cl)c1C. The Morgan fingerprint density at radius 1 is 0.882 bits per heavy atom. The van der Waals surface area contributed by atoms with Crippen LogP contribution < -0.4 is 0 Å². The highest BCUT2D eigenvalue weighted by molar-refractivity contribution is 7.15. The molecule has 0 saturated heterocycles. The Morgan fingerprint density at radius 3 is 2.15 bits per heavy atom. The molecule has 5 nitrogen and oxygen atoms in total. The van der Waals surface area contributed by atoms with Gasteiger partial charge in [0.05, 0.1) is 28.3 Å². The Kier molecular flexibility index (Phi) is 5.50. The number of carbonyl (C=O) groups is 3. The molecule has 4 aromatic rings. The van der Waals surface area contributed by atoms with Crippen molar-refractivity contribution in [2.75, 3.05) is 0 Å². The summed E-state index contributed by atoms with van der Waals surface area (Å²) in [6.07, 6.45) is 0. The minimum Gasteiger partial charge on any atom is -0.307 e. The summed E-state index contributed by atoms with van der Waals surface area (Å²) in [5, 5.41) is 1.16. The number of imide groups is 1. The van der Waals surface area contributed by atoms with E-state index in [9.17, 15) is 14.4 Å². The maximum atomic E-state index is 13.6. The number of aryl methyl sites for hydroxylation is 2. The first-order chi connectivity index (χ1) is 16.3. The van der Waals surface area contributed by atoms with Gasteiger partial charge in [0, 0.05) is 21.8 Å². The molecule has 0 unspecified atom stereocenters. The highest BCUT2D eigenvalue weighted by atomic mass is 35.5. The van der Waals surface area contributed by atoms with Gasteiger partial charge in [0.1, 0.15) is 5.00 Å². The maximum Gasteiger partial charge on any atom is 0.261 e. The second kappa shape index (κ2) is 8.38. The Morgan fingerprint density at radius 2 is 1.50 bits per heavy atom. The molecule has 0 fully saturated rings. The molecule has 170 valence electrons. The van der Waals surface area contributed by atoms with E-state index in [2.05, 4.69) is 0 Å². The summed E-state index contributed by atoms with van der Waals surface area (Å²) >= 11 is 7.87. The van der Waals surface area contributed by atoms with E-state index in [1.54, 1.807) is 48.5 Å². The smallest absolute Gasteiger partial charge is 0.261 e. The van der Waals surface area contributed by atoms with Crippen LogP contribution in [0.3, 0.4) is 0 Å². The molecular formula is C27H21ClN2O3S. The second-order valence-corrected chi connectivity index (χ2v) is 9.93. The van der Waals surface area contributed by atoms with E-state index in [0.29, 0.717) is 27.3 Å². The zero-order valence-corrected chi connectivity index (χ0v) is 20.5. The summed E-state index contributed by atoms with van der Waals surface area (Å²) in [6.45, 7) is 5.97. The van der Waals surface area contributed by atoms with E-state index >= 15 is 0 Å². The highest BCUT2D eigenvalue weighted by Gasteiger charge is 2.36. The number of carbonyl (C=O) groups excluding carboxylic acids is 3. The van der Waals surface area contributed by atoms with E-state index in [1.807, 2.05) is 37.5 Å². The van der Waals surface area contributed by atoms with Crippen LogP contribution in [0.15, 0.2) is 60.7 Å². The number of benzene rings is 2. The van der Waals surface area contributed by atoms with Crippen molar-refractivity contribution in [1.82, 2.24) is 9.47 Å². The number of rotatable bonds is 5. The lowest BCUT2D eigenvalue weighted by molar-refractivity contribution is 0.0639. The molecule has 34 heavy (non-hydrogen) atoms. The molecule has 1 aliphatic heterocycles. The number of aromatic nitrogens is 1. The third-order valence-corrected chi connectivity index (χ3v) is 7.79. The van der Waals surface area contributed by atoms with Gasteiger partial charge in [0.2, 0.25) is 0 Å². The summed E-state index contributed by atoms with van der Waals surface area (Å²) in [5.41, 5.74) is 4.41. The molecule has 5 rings (SSSR count). The van der Waals surface area contributed by atoms with Crippen LogP contribution in [0.2, 0.25) is 5.02 Å². The lowest BCUT2D eigenvalue weighted by Crippen LogP contribution is -2.30. The minimum atomic E-state index is -0.308. The minimum absolute atomic E-state index is 0.107. The normalized spacial score (nSPS) is 13.0. The molecule has 0 saturated carbocycles. The number of fused-ring (bicyclic) bond motifs is 1. The van der Waals surface area contributed by atoms with Crippen LogP contribution >= 0.6 is 22.9 Å². The van der Waals surface area contributed by atoms with Crippen molar-refractivity contribution in [3.05, 3.63) is 110 Å². The molecule has 0 N–H and O–H groups in total. The fourth-order valence-electron chi connectivity index (χ4n) is 4.37. The highest BCUT2D eigenvalue weighted by Crippen LogP contribution is 2.36. The predicted molar refractivity (Wildman–Crippen MR) is 133 cm³/mol. The summed E-state index contributed by atoms with van der Waals surface area (Å²) in [5.74, 6) is -0.768. The van der Waals surface area contributed by atoms with Crippen molar-refractivity contribution in [3.8, 4) is 5.00 Å². The number of halogens is 1. The average molecular weight is 489 g/mol. The van der Waals surface area contributed by atoms with Crippen molar-refractivity contribution >= 4 is 40.5 Å². The van der Waals surface area contributed by atoms with E-state index in [4.69, 9.17) is 11.6 Å². The first kappa shape index (κ1) is 22.3. The first-order valence-corrected chi connectivity index (χ1v) is 12.0. The lowest BCUT2D eigenvalue weighted by Gasteiger charge is -2.17. The van der Waals surface area contributed by atoms with Gasteiger partial charge in [-0.3, -0.25) is 19.3 Å². The van der Waals surface area contributed by atoms with Crippen LogP contribution in [0.1, 0.15) is 58.5 Å². The molecule has 0 aliphatic carbocycles. The number of nitrogens with zero attached hydrogens (tertiary/aromatic N) is 2. The number of ketones is 1. The molecule has 0 spiro atoms. The van der Waals surface area contributed by atoms with Crippen LogP contribution in [-0.2, 0) is 6.54 Å². The van der Waals surface area contributed by atoms with Gasteiger partial charge in [0.15, 0.2) is 5.78 Å². The fourth-order valence-corrected chi connectivity index (χ4v) is 5.83. The van der Waals surface area contributed by atoms with Crippen LogP contribution in [-0.4, -0.2) is 27.1 Å². The third kappa shape index (κ3) is 3.42. The largest absolute Gasteiger partial charge is 0.307 e. The molecule has 7 heteroatoms. The van der Waals surface area contributed by atoms with Crippen LogP contribution in [0.5, 0.6) is 0 Å². The average Bonchev–Trinajstić information content (AvgIpc) is 3.42.